The number of esters is 1. The van der Waals surface area contributed by atoms with E-state index in [1.165, 1.54) is 11.0 Å². The summed E-state index contributed by atoms with van der Waals surface area (Å²) in [5.41, 5.74) is -0.443. The summed E-state index contributed by atoms with van der Waals surface area (Å²) in [4.78, 5) is 51.6. The van der Waals surface area contributed by atoms with Gasteiger partial charge in [0.25, 0.3) is 11.5 Å². The molecule has 0 saturated heterocycles. The van der Waals surface area contributed by atoms with Crippen molar-refractivity contribution in [2.45, 2.75) is 13.8 Å². The Kier molecular flexibility index (Phi) is 6.48. The van der Waals surface area contributed by atoms with Gasteiger partial charge in [0.05, 0.1) is 6.54 Å². The molecule has 0 bridgehead atoms. The second-order valence-corrected chi connectivity index (χ2v) is 5.54. The smallest absolute Gasteiger partial charge is 0.355 e. The maximum atomic E-state index is 12.1. The van der Waals surface area contributed by atoms with Crippen LogP contribution in [0.15, 0.2) is 35.1 Å². The second kappa shape index (κ2) is 8.80. The first-order valence-electron chi connectivity index (χ1n) is 8.29. The molecule has 0 fully saturated rings. The van der Waals surface area contributed by atoms with E-state index >= 15 is 0 Å². The average molecular weight is 359 g/mol. The predicted octanol–water partition coefficient (Wildman–Crippen LogP) is 0.669. The van der Waals surface area contributed by atoms with Crippen LogP contribution in [0.2, 0.25) is 0 Å². The number of likely N-dealkylation sites (N-methyl/N-ethyl adjacent to an activating group) is 2. The van der Waals surface area contributed by atoms with Gasteiger partial charge in [-0.05, 0) is 31.4 Å². The Labute approximate surface area is 150 Å². The second-order valence-electron chi connectivity index (χ2n) is 5.54. The van der Waals surface area contributed by atoms with Gasteiger partial charge in [0.1, 0.15) is 5.69 Å². The van der Waals surface area contributed by atoms with Crippen molar-refractivity contribution in [3.05, 3.63) is 46.4 Å². The first-order valence-corrected chi connectivity index (χ1v) is 8.29. The molecule has 138 valence electrons. The number of aromatic amines is 1. The number of aromatic nitrogens is 1. The number of hydrogen-bond acceptors (Lipinski definition) is 5. The summed E-state index contributed by atoms with van der Waals surface area (Å²) < 4.78 is 4.99. The van der Waals surface area contributed by atoms with Crippen molar-refractivity contribution in [1.29, 1.82) is 0 Å². The molecule has 2 rings (SSSR count). The summed E-state index contributed by atoms with van der Waals surface area (Å²) in [5.74, 6) is -1.58. The van der Waals surface area contributed by atoms with Crippen LogP contribution in [0.3, 0.4) is 0 Å². The molecule has 26 heavy (non-hydrogen) atoms. The summed E-state index contributed by atoms with van der Waals surface area (Å²) in [7, 11) is 0. The number of ether oxygens (including phenoxy) is 1. The summed E-state index contributed by atoms with van der Waals surface area (Å²) in [6, 6.07) is 8.32. The van der Waals surface area contributed by atoms with Gasteiger partial charge in [0.15, 0.2) is 6.61 Å². The summed E-state index contributed by atoms with van der Waals surface area (Å²) in [6.45, 7) is 3.66. The summed E-state index contributed by atoms with van der Waals surface area (Å²) >= 11 is 0. The normalized spacial score (nSPS) is 10.4. The van der Waals surface area contributed by atoms with Crippen LogP contribution in [0.4, 0.5) is 0 Å². The van der Waals surface area contributed by atoms with E-state index in [0.717, 1.165) is 0 Å². The molecule has 0 aliphatic heterocycles. The van der Waals surface area contributed by atoms with Crippen LogP contribution < -0.4 is 10.9 Å². The van der Waals surface area contributed by atoms with Crippen LogP contribution in [0.5, 0.6) is 0 Å². The number of carbonyl (C=O) groups excluding carboxylic acids is 3. The molecular formula is C18H21N3O5. The first kappa shape index (κ1) is 19.2. The molecule has 1 heterocycles. The number of hydrogen-bond donors (Lipinski definition) is 2. The van der Waals surface area contributed by atoms with E-state index in [2.05, 4.69) is 10.3 Å². The quantitative estimate of drug-likeness (QED) is 0.706. The van der Waals surface area contributed by atoms with Crippen molar-refractivity contribution < 1.29 is 19.1 Å². The van der Waals surface area contributed by atoms with Crippen LogP contribution >= 0.6 is 0 Å². The van der Waals surface area contributed by atoms with Gasteiger partial charge in [-0.3, -0.25) is 14.4 Å². The molecule has 8 nitrogen and oxygen atoms in total. The molecule has 2 N–H and O–H groups in total. The number of carbonyl (C=O) groups is 3. The number of amides is 2. The van der Waals surface area contributed by atoms with Crippen molar-refractivity contribution in [1.82, 2.24) is 15.2 Å². The lowest BCUT2D eigenvalue weighted by molar-refractivity contribution is -0.138. The molecule has 8 heteroatoms. The van der Waals surface area contributed by atoms with Gasteiger partial charge in [-0.15, -0.1) is 0 Å². The standard InChI is InChI=1S/C18H21N3O5/c1-3-19-15(22)10-21(4-2)16(23)11-26-18(25)14-9-12-7-5-6-8-13(12)17(24)20-14/h5-9H,3-4,10-11H2,1-2H3,(H,19,22)(H,20,24). The minimum Gasteiger partial charge on any atom is -0.451 e. The number of nitrogens with one attached hydrogen (secondary N) is 2. The number of nitrogens with zero attached hydrogens (tertiary/aromatic N) is 1. The molecule has 1 aromatic carbocycles. The van der Waals surface area contributed by atoms with Gasteiger partial charge in [-0.2, -0.15) is 0 Å². The van der Waals surface area contributed by atoms with E-state index in [-0.39, 0.29) is 18.1 Å². The number of pyridine rings is 1. The van der Waals surface area contributed by atoms with Crippen molar-refractivity contribution in [3.63, 3.8) is 0 Å². The number of rotatable bonds is 7. The van der Waals surface area contributed by atoms with Crippen LogP contribution in [-0.4, -0.2) is 53.9 Å². The molecule has 0 aliphatic rings. The zero-order valence-corrected chi connectivity index (χ0v) is 14.7. The van der Waals surface area contributed by atoms with Gasteiger partial charge >= 0.3 is 5.97 Å². The van der Waals surface area contributed by atoms with Crippen LogP contribution in [0.25, 0.3) is 10.8 Å². The third-order valence-corrected chi connectivity index (χ3v) is 3.74. The van der Waals surface area contributed by atoms with E-state index in [1.54, 1.807) is 38.1 Å². The number of benzene rings is 1. The highest BCUT2D eigenvalue weighted by Crippen LogP contribution is 2.10. The van der Waals surface area contributed by atoms with E-state index in [4.69, 9.17) is 4.74 Å². The van der Waals surface area contributed by atoms with Gasteiger partial charge in [0.2, 0.25) is 5.91 Å². The minimum absolute atomic E-state index is 0.0340. The molecule has 0 saturated carbocycles. The molecule has 2 aromatic rings. The lowest BCUT2D eigenvalue weighted by Crippen LogP contribution is -2.42. The van der Waals surface area contributed by atoms with Gasteiger partial charge in [-0.1, -0.05) is 18.2 Å². The largest absolute Gasteiger partial charge is 0.451 e. The average Bonchev–Trinajstić information content (AvgIpc) is 2.64. The highest BCUT2D eigenvalue weighted by molar-refractivity contribution is 5.94. The zero-order chi connectivity index (χ0) is 19.1. The van der Waals surface area contributed by atoms with Crippen LogP contribution in [-0.2, 0) is 14.3 Å². The highest BCUT2D eigenvalue weighted by Gasteiger charge is 2.18. The predicted molar refractivity (Wildman–Crippen MR) is 95.8 cm³/mol. The minimum atomic E-state index is -0.810. The fourth-order valence-electron chi connectivity index (χ4n) is 2.42. The Hall–Kier alpha value is -3.16. The fraction of sp³-hybridized carbons (Fsp3) is 0.333. The maximum absolute atomic E-state index is 12.1. The van der Waals surface area contributed by atoms with Crippen LogP contribution in [0, 0.1) is 0 Å². The Morgan fingerprint density at radius 1 is 1.19 bits per heavy atom. The van der Waals surface area contributed by atoms with Gasteiger partial charge in [0, 0.05) is 18.5 Å². The van der Waals surface area contributed by atoms with Crippen molar-refractivity contribution >= 4 is 28.6 Å². The lowest BCUT2D eigenvalue weighted by Gasteiger charge is -2.20. The van der Waals surface area contributed by atoms with E-state index in [0.29, 0.717) is 23.9 Å². The third kappa shape index (κ3) is 4.69. The molecule has 0 unspecified atom stereocenters. The number of fused-ring (bicyclic) bond motifs is 1. The zero-order valence-electron chi connectivity index (χ0n) is 14.7. The topological polar surface area (TPSA) is 109 Å². The Bertz CT molecular complexity index is 875. The highest BCUT2D eigenvalue weighted by atomic mass is 16.5. The van der Waals surface area contributed by atoms with Crippen molar-refractivity contribution in [2.24, 2.45) is 0 Å². The van der Waals surface area contributed by atoms with Gasteiger partial charge < -0.3 is 19.9 Å². The summed E-state index contributed by atoms with van der Waals surface area (Å²) in [5, 5.41) is 3.65. The Balaban J connectivity index is 2.02. The SMILES string of the molecule is CCNC(=O)CN(CC)C(=O)COC(=O)c1cc2ccccc2c(=O)[nH]1. The molecule has 0 radical (unpaired) electrons. The third-order valence-electron chi connectivity index (χ3n) is 3.74. The Morgan fingerprint density at radius 2 is 1.92 bits per heavy atom. The van der Waals surface area contributed by atoms with Crippen LogP contribution in [0.1, 0.15) is 24.3 Å². The van der Waals surface area contributed by atoms with E-state index in [9.17, 15) is 19.2 Å². The number of H-pyrrole nitrogens is 1. The van der Waals surface area contributed by atoms with Gasteiger partial charge in [-0.25, -0.2) is 4.79 Å². The van der Waals surface area contributed by atoms with E-state index < -0.39 is 24.0 Å². The molecule has 2 amide bonds. The van der Waals surface area contributed by atoms with Crippen molar-refractivity contribution in [2.75, 3.05) is 26.2 Å². The molecule has 0 aliphatic carbocycles. The lowest BCUT2D eigenvalue weighted by atomic mass is 10.1. The molecule has 1 aromatic heterocycles. The molecule has 0 atom stereocenters. The molecular weight excluding hydrogens is 338 g/mol. The Morgan fingerprint density at radius 3 is 2.62 bits per heavy atom. The van der Waals surface area contributed by atoms with Crippen molar-refractivity contribution in [3.8, 4) is 0 Å². The summed E-state index contributed by atoms with van der Waals surface area (Å²) in [6.07, 6.45) is 0. The molecule has 0 spiro atoms. The maximum Gasteiger partial charge on any atom is 0.355 e. The first-order chi connectivity index (χ1) is 12.5. The fourth-order valence-corrected chi connectivity index (χ4v) is 2.42. The monoisotopic (exact) mass is 359 g/mol. The van der Waals surface area contributed by atoms with E-state index in [1.807, 2.05) is 0 Å².